The van der Waals surface area contributed by atoms with Crippen LogP contribution in [0, 0.1) is 0 Å². The van der Waals surface area contributed by atoms with Gasteiger partial charge in [-0.05, 0) is 111 Å². The van der Waals surface area contributed by atoms with Gasteiger partial charge in [-0.1, -0.05) is 152 Å². The summed E-state index contributed by atoms with van der Waals surface area (Å²) < 4.78 is 2.06. The number of fused-ring (bicyclic) bond motifs is 4. The van der Waals surface area contributed by atoms with Crippen LogP contribution in [0.4, 0.5) is 11.4 Å². The molecule has 8 aromatic carbocycles. The minimum atomic E-state index is -0.389. The van der Waals surface area contributed by atoms with Crippen LogP contribution in [-0.4, -0.2) is 9.31 Å². The summed E-state index contributed by atoms with van der Waals surface area (Å²) in [5.74, 6) is 0.0474. The highest BCUT2D eigenvalue weighted by molar-refractivity contribution is 7.82. The van der Waals surface area contributed by atoms with Gasteiger partial charge in [0.1, 0.15) is 0 Å². The number of rotatable bonds is 7. The molecule has 1 N–H and O–H groups in total. The van der Waals surface area contributed by atoms with Gasteiger partial charge in [0.25, 0.3) is 0 Å². The molecular formula is C53H40N2S. The molecule has 0 aliphatic heterocycles. The predicted octanol–water partition coefficient (Wildman–Crippen LogP) is 14.4. The quantitative estimate of drug-likeness (QED) is 0.156. The fraction of sp³-hybridized carbons (Fsp3) is 0.0566. The average molecular weight is 737 g/mol. The molecule has 2 atom stereocenters. The number of hydrogen-bond acceptors (Lipinski definition) is 2. The van der Waals surface area contributed by atoms with E-state index in [0.29, 0.717) is 0 Å². The Hall–Kier alpha value is -6.55. The maximum atomic E-state index is 5.34. The molecule has 1 aromatic heterocycles. The summed E-state index contributed by atoms with van der Waals surface area (Å²) >= 11 is 5.34. The standard InChI is InChI=1S/C53H40N2S/c1-53(56)32-31-50-51(52(53)40-18-9-4-10-19-40)47-35-43(25-30-49(47)55(50)45-28-23-37-15-11-12-20-41(37)33-45)42-24-29-48(46(34-42)39-16-7-3-8-17-39)54-44-26-21-38(22-27-44)36-13-5-2-6-14-36/h2-35,52,54,56H,1H3. The molecule has 10 rings (SSSR count). The third-order valence-corrected chi connectivity index (χ3v) is 11.7. The zero-order chi connectivity index (χ0) is 37.6. The van der Waals surface area contributed by atoms with E-state index >= 15 is 0 Å². The molecule has 9 aromatic rings. The second-order valence-electron chi connectivity index (χ2n) is 15.0. The minimum Gasteiger partial charge on any atom is -0.355 e. The van der Waals surface area contributed by atoms with Crippen LogP contribution in [0.5, 0.6) is 0 Å². The molecular weight excluding hydrogens is 697 g/mol. The van der Waals surface area contributed by atoms with Gasteiger partial charge in [-0.25, -0.2) is 0 Å². The first-order chi connectivity index (χ1) is 27.5. The lowest BCUT2D eigenvalue weighted by Gasteiger charge is -2.35. The van der Waals surface area contributed by atoms with E-state index in [-0.39, 0.29) is 10.7 Å². The van der Waals surface area contributed by atoms with Crippen molar-refractivity contribution in [2.75, 3.05) is 5.32 Å². The smallest absolute Gasteiger partial charge is 0.0538 e. The average Bonchev–Trinajstić information content (AvgIpc) is 3.57. The Morgan fingerprint density at radius 1 is 0.536 bits per heavy atom. The van der Waals surface area contributed by atoms with E-state index < -0.39 is 0 Å². The Morgan fingerprint density at radius 2 is 1.14 bits per heavy atom. The predicted molar refractivity (Wildman–Crippen MR) is 242 cm³/mol. The van der Waals surface area contributed by atoms with Crippen molar-refractivity contribution in [3.63, 3.8) is 0 Å². The molecule has 2 nitrogen and oxygen atoms in total. The highest BCUT2D eigenvalue weighted by atomic mass is 32.1. The number of nitrogens with zero attached hydrogens (tertiary/aromatic N) is 1. The number of aromatic nitrogens is 1. The number of benzene rings is 8. The SMILES string of the molecule is CC1(S)C=Cc2c(c3cc(-c4ccc(Nc5ccc(-c6ccccc6)cc5)c(-c5ccccc5)c4)ccc3n2-c2ccc3ccccc3c2)C1c1ccccc1. The molecule has 1 aliphatic rings. The monoisotopic (exact) mass is 736 g/mol. The third kappa shape index (κ3) is 6.11. The van der Waals surface area contributed by atoms with E-state index in [9.17, 15) is 0 Å². The lowest BCUT2D eigenvalue weighted by atomic mass is 9.76. The van der Waals surface area contributed by atoms with Crippen LogP contribution in [0.2, 0.25) is 0 Å². The topological polar surface area (TPSA) is 17.0 Å². The molecule has 1 aliphatic carbocycles. The van der Waals surface area contributed by atoms with Crippen molar-refractivity contribution < 1.29 is 0 Å². The first-order valence-electron chi connectivity index (χ1n) is 19.3. The van der Waals surface area contributed by atoms with Crippen LogP contribution in [-0.2, 0) is 0 Å². The number of thiol groups is 1. The van der Waals surface area contributed by atoms with Crippen LogP contribution in [0.15, 0.2) is 200 Å². The van der Waals surface area contributed by atoms with E-state index in [0.717, 1.165) is 22.6 Å². The Kier molecular flexibility index (Phi) is 8.46. The molecule has 2 unspecified atom stereocenters. The molecule has 3 heteroatoms. The Bertz CT molecular complexity index is 2890. The molecule has 268 valence electrons. The third-order valence-electron chi connectivity index (χ3n) is 11.3. The minimum absolute atomic E-state index is 0.0474. The Balaban J connectivity index is 1.12. The molecule has 1 heterocycles. The molecule has 0 saturated carbocycles. The zero-order valence-corrected chi connectivity index (χ0v) is 32.0. The van der Waals surface area contributed by atoms with E-state index in [1.54, 1.807) is 0 Å². The van der Waals surface area contributed by atoms with E-state index in [1.807, 2.05) is 0 Å². The fourth-order valence-corrected chi connectivity index (χ4v) is 8.94. The maximum Gasteiger partial charge on any atom is 0.0538 e. The van der Waals surface area contributed by atoms with Crippen molar-refractivity contribution in [3.8, 4) is 39.1 Å². The van der Waals surface area contributed by atoms with Crippen molar-refractivity contribution in [3.05, 3.63) is 217 Å². The number of anilines is 2. The van der Waals surface area contributed by atoms with Crippen LogP contribution >= 0.6 is 12.6 Å². The van der Waals surface area contributed by atoms with Crippen LogP contribution in [0.1, 0.15) is 29.7 Å². The van der Waals surface area contributed by atoms with E-state index in [4.69, 9.17) is 12.6 Å². The van der Waals surface area contributed by atoms with Gasteiger partial charge in [-0.3, -0.25) is 0 Å². The lowest BCUT2D eigenvalue weighted by molar-refractivity contribution is 0.675. The second-order valence-corrected chi connectivity index (χ2v) is 16.0. The van der Waals surface area contributed by atoms with Crippen molar-refractivity contribution in [1.82, 2.24) is 4.57 Å². The van der Waals surface area contributed by atoms with Gasteiger partial charge < -0.3 is 9.88 Å². The summed E-state index contributed by atoms with van der Waals surface area (Å²) in [5, 5.41) is 7.45. The molecule has 0 amide bonds. The molecule has 0 radical (unpaired) electrons. The lowest BCUT2D eigenvalue weighted by Crippen LogP contribution is -2.28. The van der Waals surface area contributed by atoms with Crippen molar-refractivity contribution in [1.29, 1.82) is 0 Å². The fourth-order valence-electron chi connectivity index (χ4n) is 8.58. The summed E-state index contributed by atoms with van der Waals surface area (Å²) in [6.45, 7) is 2.24. The molecule has 0 spiro atoms. The zero-order valence-electron chi connectivity index (χ0n) is 31.1. The second kappa shape index (κ2) is 13.9. The van der Waals surface area contributed by atoms with Gasteiger partial charge in [-0.2, -0.15) is 12.6 Å². The Morgan fingerprint density at radius 3 is 1.89 bits per heavy atom. The number of nitrogens with one attached hydrogen (secondary N) is 1. The Labute approximate surface area is 333 Å². The summed E-state index contributed by atoms with van der Waals surface area (Å²) in [4.78, 5) is 0. The number of hydrogen-bond donors (Lipinski definition) is 2. The van der Waals surface area contributed by atoms with Gasteiger partial charge in [0.15, 0.2) is 0 Å². The van der Waals surface area contributed by atoms with Gasteiger partial charge in [0, 0.05) is 38.7 Å². The summed E-state index contributed by atoms with van der Waals surface area (Å²) in [5.41, 5.74) is 15.3. The molecule has 0 bridgehead atoms. The summed E-state index contributed by atoms with van der Waals surface area (Å²) in [6.07, 6.45) is 4.57. The molecule has 0 saturated heterocycles. The van der Waals surface area contributed by atoms with Gasteiger partial charge in [0.2, 0.25) is 0 Å². The molecule has 56 heavy (non-hydrogen) atoms. The first-order valence-corrected chi connectivity index (χ1v) is 19.7. The van der Waals surface area contributed by atoms with Gasteiger partial charge in [0.05, 0.1) is 11.2 Å². The largest absolute Gasteiger partial charge is 0.355 e. The highest BCUT2D eigenvalue weighted by Gasteiger charge is 2.38. The molecule has 0 fully saturated rings. The summed E-state index contributed by atoms with van der Waals surface area (Å²) in [7, 11) is 0. The maximum absolute atomic E-state index is 5.34. The van der Waals surface area contributed by atoms with E-state index in [2.05, 4.69) is 223 Å². The van der Waals surface area contributed by atoms with Crippen molar-refractivity contribution in [2.24, 2.45) is 0 Å². The van der Waals surface area contributed by atoms with Crippen LogP contribution in [0.25, 0.3) is 66.8 Å². The summed E-state index contributed by atoms with van der Waals surface area (Å²) in [6, 6.07) is 70.0. The first kappa shape index (κ1) is 34.0. The highest BCUT2D eigenvalue weighted by Crippen LogP contribution is 2.50. The van der Waals surface area contributed by atoms with Crippen LogP contribution in [0.3, 0.4) is 0 Å². The normalized spacial score (nSPS) is 16.2. The van der Waals surface area contributed by atoms with Crippen molar-refractivity contribution in [2.45, 2.75) is 17.6 Å². The van der Waals surface area contributed by atoms with Crippen molar-refractivity contribution >= 4 is 51.8 Å². The van der Waals surface area contributed by atoms with Crippen LogP contribution < -0.4 is 5.32 Å². The van der Waals surface area contributed by atoms with Gasteiger partial charge >= 0.3 is 0 Å². The van der Waals surface area contributed by atoms with Gasteiger partial charge in [-0.15, -0.1) is 0 Å². The van der Waals surface area contributed by atoms with E-state index in [1.165, 1.54) is 66.3 Å².